The van der Waals surface area contributed by atoms with Crippen molar-refractivity contribution in [2.24, 2.45) is 0 Å². The third kappa shape index (κ3) is 4.79. The fourth-order valence-corrected chi connectivity index (χ4v) is 2.04. The summed E-state index contributed by atoms with van der Waals surface area (Å²) in [7, 11) is 1.57. The van der Waals surface area contributed by atoms with E-state index in [4.69, 9.17) is 4.74 Å². The van der Waals surface area contributed by atoms with Crippen molar-refractivity contribution in [3.8, 4) is 5.75 Å². The Morgan fingerprint density at radius 1 is 1.18 bits per heavy atom. The van der Waals surface area contributed by atoms with E-state index in [1.54, 1.807) is 31.4 Å². The van der Waals surface area contributed by atoms with Gasteiger partial charge in [-0.05, 0) is 24.1 Å². The van der Waals surface area contributed by atoms with Crippen LogP contribution in [0.5, 0.6) is 5.75 Å². The highest BCUT2D eigenvalue weighted by atomic mass is 16.5. The number of ether oxygens (including phenoxy) is 1. The molecule has 3 N–H and O–H groups in total. The molecule has 22 heavy (non-hydrogen) atoms. The van der Waals surface area contributed by atoms with Crippen LogP contribution in [-0.4, -0.2) is 24.8 Å². The lowest BCUT2D eigenvalue weighted by Crippen LogP contribution is -2.30. The molecular formula is C17H20N2O3. The summed E-state index contributed by atoms with van der Waals surface area (Å²) in [6.07, 6.45) is -0.131. The molecule has 0 radical (unpaired) electrons. The molecule has 0 spiro atoms. The lowest BCUT2D eigenvalue weighted by molar-refractivity contribution is 0.167. The first-order valence-electron chi connectivity index (χ1n) is 7.11. The molecule has 0 fully saturated rings. The average Bonchev–Trinajstić information content (AvgIpc) is 2.55. The molecule has 2 amide bonds. The number of nitrogens with one attached hydrogen (secondary N) is 2. The van der Waals surface area contributed by atoms with E-state index < -0.39 is 6.10 Å². The smallest absolute Gasteiger partial charge is 0.319 e. The van der Waals surface area contributed by atoms with Crippen molar-refractivity contribution in [1.82, 2.24) is 5.32 Å². The van der Waals surface area contributed by atoms with Crippen molar-refractivity contribution in [3.05, 3.63) is 60.2 Å². The minimum atomic E-state index is -0.585. The van der Waals surface area contributed by atoms with Crippen molar-refractivity contribution in [2.45, 2.75) is 12.5 Å². The number of rotatable bonds is 6. The largest absolute Gasteiger partial charge is 0.497 e. The quantitative estimate of drug-likeness (QED) is 0.768. The van der Waals surface area contributed by atoms with Crippen LogP contribution in [0.2, 0.25) is 0 Å². The summed E-state index contributed by atoms with van der Waals surface area (Å²) in [5.41, 5.74) is 1.50. The number of aliphatic hydroxyl groups is 1. The monoisotopic (exact) mass is 300 g/mol. The molecule has 0 aliphatic heterocycles. The lowest BCUT2D eigenvalue weighted by Gasteiger charge is -2.12. The first kappa shape index (κ1) is 15.9. The number of hydrogen-bond acceptors (Lipinski definition) is 3. The molecule has 2 aromatic carbocycles. The minimum Gasteiger partial charge on any atom is -0.497 e. The number of benzene rings is 2. The Morgan fingerprint density at radius 2 is 1.95 bits per heavy atom. The third-order valence-electron chi connectivity index (χ3n) is 3.22. The number of carbonyl (C=O) groups is 1. The van der Waals surface area contributed by atoms with E-state index in [9.17, 15) is 9.90 Å². The Hall–Kier alpha value is -2.53. The Kier molecular flexibility index (Phi) is 5.80. The summed E-state index contributed by atoms with van der Waals surface area (Å²) in [4.78, 5) is 11.8. The normalized spacial score (nSPS) is 11.5. The first-order chi connectivity index (χ1) is 10.7. The standard InChI is InChI=1S/C17H20N2O3/c1-22-15-9-5-8-14(12-15)19-17(21)18-11-10-16(20)13-6-3-2-4-7-13/h2-9,12,16,20H,10-11H2,1H3,(H2,18,19,21)/t16-/m0/s1. The van der Waals surface area contributed by atoms with Gasteiger partial charge in [0.1, 0.15) is 5.75 Å². The van der Waals surface area contributed by atoms with E-state index in [0.717, 1.165) is 5.56 Å². The van der Waals surface area contributed by atoms with E-state index in [1.807, 2.05) is 30.3 Å². The van der Waals surface area contributed by atoms with Gasteiger partial charge in [-0.25, -0.2) is 4.79 Å². The highest BCUT2D eigenvalue weighted by molar-refractivity contribution is 5.89. The first-order valence-corrected chi connectivity index (χ1v) is 7.11. The predicted octanol–water partition coefficient (Wildman–Crippen LogP) is 2.94. The highest BCUT2D eigenvalue weighted by Crippen LogP contribution is 2.17. The van der Waals surface area contributed by atoms with Gasteiger partial charge in [0.05, 0.1) is 13.2 Å². The molecule has 116 valence electrons. The number of methoxy groups -OCH3 is 1. The second kappa shape index (κ2) is 8.05. The fraction of sp³-hybridized carbons (Fsp3) is 0.235. The molecule has 2 aromatic rings. The third-order valence-corrected chi connectivity index (χ3v) is 3.22. The molecule has 5 nitrogen and oxygen atoms in total. The Bertz CT molecular complexity index is 602. The Balaban J connectivity index is 1.76. The summed E-state index contributed by atoms with van der Waals surface area (Å²) >= 11 is 0. The van der Waals surface area contributed by atoms with Gasteiger partial charge in [0.15, 0.2) is 0 Å². The van der Waals surface area contributed by atoms with Crippen molar-refractivity contribution < 1.29 is 14.6 Å². The molecule has 0 bridgehead atoms. The molecular weight excluding hydrogens is 280 g/mol. The van der Waals surface area contributed by atoms with Crippen LogP contribution in [0.4, 0.5) is 10.5 Å². The number of hydrogen-bond donors (Lipinski definition) is 3. The highest BCUT2D eigenvalue weighted by Gasteiger charge is 2.08. The van der Waals surface area contributed by atoms with E-state index in [0.29, 0.717) is 24.4 Å². The summed E-state index contributed by atoms with van der Waals surface area (Å²) < 4.78 is 5.09. The van der Waals surface area contributed by atoms with Crippen LogP contribution in [0.3, 0.4) is 0 Å². The van der Waals surface area contributed by atoms with Crippen LogP contribution in [0.15, 0.2) is 54.6 Å². The Morgan fingerprint density at radius 3 is 2.68 bits per heavy atom. The van der Waals surface area contributed by atoms with Gasteiger partial charge in [-0.3, -0.25) is 0 Å². The zero-order chi connectivity index (χ0) is 15.8. The van der Waals surface area contributed by atoms with Crippen LogP contribution in [0, 0.1) is 0 Å². The van der Waals surface area contributed by atoms with E-state index in [-0.39, 0.29) is 6.03 Å². The van der Waals surface area contributed by atoms with Crippen LogP contribution in [0.1, 0.15) is 18.1 Å². The van der Waals surface area contributed by atoms with Gasteiger partial charge in [0.25, 0.3) is 0 Å². The lowest BCUT2D eigenvalue weighted by atomic mass is 10.1. The van der Waals surface area contributed by atoms with Crippen LogP contribution >= 0.6 is 0 Å². The number of amides is 2. The zero-order valence-electron chi connectivity index (χ0n) is 12.5. The molecule has 0 aliphatic carbocycles. The molecule has 0 saturated heterocycles. The van der Waals surface area contributed by atoms with E-state index >= 15 is 0 Å². The average molecular weight is 300 g/mol. The number of urea groups is 1. The molecule has 0 aromatic heterocycles. The topological polar surface area (TPSA) is 70.6 Å². The number of carbonyl (C=O) groups excluding carboxylic acids is 1. The van der Waals surface area contributed by atoms with Gasteiger partial charge >= 0.3 is 6.03 Å². The second-order valence-electron chi connectivity index (χ2n) is 4.83. The van der Waals surface area contributed by atoms with Crippen molar-refractivity contribution in [3.63, 3.8) is 0 Å². The van der Waals surface area contributed by atoms with Gasteiger partial charge in [0, 0.05) is 18.3 Å². The molecule has 1 atom stereocenters. The van der Waals surface area contributed by atoms with E-state index in [2.05, 4.69) is 10.6 Å². The van der Waals surface area contributed by atoms with Crippen LogP contribution in [-0.2, 0) is 0 Å². The van der Waals surface area contributed by atoms with Gasteiger partial charge in [-0.1, -0.05) is 36.4 Å². The number of anilines is 1. The minimum absolute atomic E-state index is 0.312. The van der Waals surface area contributed by atoms with Crippen molar-refractivity contribution in [2.75, 3.05) is 19.0 Å². The molecule has 5 heteroatoms. The summed E-state index contributed by atoms with van der Waals surface area (Å²) in [5.74, 6) is 0.678. The number of aliphatic hydroxyl groups excluding tert-OH is 1. The van der Waals surface area contributed by atoms with Gasteiger partial charge in [-0.15, -0.1) is 0 Å². The molecule has 0 aliphatic rings. The molecule has 2 rings (SSSR count). The SMILES string of the molecule is COc1cccc(NC(=O)NCC[C@H](O)c2ccccc2)c1. The predicted molar refractivity (Wildman–Crippen MR) is 86.0 cm³/mol. The molecule has 0 heterocycles. The maximum atomic E-state index is 11.8. The van der Waals surface area contributed by atoms with Gasteiger partial charge in [0.2, 0.25) is 0 Å². The summed E-state index contributed by atoms with van der Waals surface area (Å²) in [6, 6.07) is 16.2. The Labute approximate surface area is 129 Å². The summed E-state index contributed by atoms with van der Waals surface area (Å²) in [5, 5.41) is 15.4. The van der Waals surface area contributed by atoms with Crippen molar-refractivity contribution in [1.29, 1.82) is 0 Å². The zero-order valence-corrected chi connectivity index (χ0v) is 12.5. The van der Waals surface area contributed by atoms with Gasteiger partial charge < -0.3 is 20.5 Å². The van der Waals surface area contributed by atoms with Crippen LogP contribution in [0.25, 0.3) is 0 Å². The van der Waals surface area contributed by atoms with E-state index in [1.165, 1.54) is 0 Å². The summed E-state index contributed by atoms with van der Waals surface area (Å²) in [6.45, 7) is 0.381. The molecule has 0 unspecified atom stereocenters. The van der Waals surface area contributed by atoms with Gasteiger partial charge in [-0.2, -0.15) is 0 Å². The van der Waals surface area contributed by atoms with Crippen molar-refractivity contribution >= 4 is 11.7 Å². The maximum Gasteiger partial charge on any atom is 0.319 e. The maximum absolute atomic E-state index is 11.8. The van der Waals surface area contributed by atoms with Crippen LogP contribution < -0.4 is 15.4 Å². The fourth-order valence-electron chi connectivity index (χ4n) is 2.04. The second-order valence-corrected chi connectivity index (χ2v) is 4.83. The molecule has 0 saturated carbocycles.